The van der Waals surface area contributed by atoms with Crippen molar-refractivity contribution in [1.29, 1.82) is 0 Å². The largest absolute Gasteiger partial charge is 0.381 e. The minimum atomic E-state index is -3.32. The van der Waals surface area contributed by atoms with Gasteiger partial charge in [0.15, 0.2) is 5.96 Å². The molecule has 158 valence electrons. The first-order valence-electron chi connectivity index (χ1n) is 10.3. The van der Waals surface area contributed by atoms with Crippen molar-refractivity contribution in [2.75, 3.05) is 51.8 Å². The molecule has 0 spiro atoms. The Hall–Kier alpha value is -0.900. The summed E-state index contributed by atoms with van der Waals surface area (Å²) in [4.78, 5) is 4.46. The molecule has 1 aliphatic carbocycles. The van der Waals surface area contributed by atoms with Gasteiger partial charge in [0, 0.05) is 46.0 Å². The summed E-state index contributed by atoms with van der Waals surface area (Å²) in [5.41, 5.74) is 0. The zero-order valence-electron chi connectivity index (χ0n) is 16.5. The number of nitrogens with one attached hydrogen (secondary N) is 3. The van der Waals surface area contributed by atoms with Crippen LogP contribution in [0.15, 0.2) is 4.99 Å². The Morgan fingerprint density at radius 3 is 2.78 bits per heavy atom. The molecule has 1 heterocycles. The lowest BCUT2D eigenvalue weighted by Gasteiger charge is -2.22. The van der Waals surface area contributed by atoms with Crippen LogP contribution in [0.3, 0.4) is 0 Å². The van der Waals surface area contributed by atoms with Crippen LogP contribution in [-0.2, 0) is 19.5 Å². The van der Waals surface area contributed by atoms with Crippen LogP contribution in [0, 0.1) is 5.92 Å². The van der Waals surface area contributed by atoms with Gasteiger partial charge in [-0.05, 0) is 51.4 Å². The second kappa shape index (κ2) is 12.5. The highest BCUT2D eigenvalue weighted by Crippen LogP contribution is 2.28. The van der Waals surface area contributed by atoms with Gasteiger partial charge in [0.05, 0.1) is 11.9 Å². The zero-order valence-corrected chi connectivity index (χ0v) is 17.4. The number of ether oxygens (including phenoxy) is 2. The summed E-state index contributed by atoms with van der Waals surface area (Å²) in [6.45, 7) is 6.36. The van der Waals surface area contributed by atoms with Crippen LogP contribution < -0.4 is 15.4 Å². The van der Waals surface area contributed by atoms with Crippen LogP contribution in [0.1, 0.15) is 45.4 Å². The number of sulfonamides is 1. The van der Waals surface area contributed by atoms with Crippen molar-refractivity contribution in [3.05, 3.63) is 0 Å². The van der Waals surface area contributed by atoms with Crippen molar-refractivity contribution in [2.45, 2.75) is 51.6 Å². The fraction of sp³-hybridized carbons (Fsp3) is 0.944. The van der Waals surface area contributed by atoms with E-state index in [1.807, 2.05) is 6.92 Å². The SMILES string of the molecule is CCNC(=NCCCOCC1CC1)NCCS(=O)(=O)NCC1CCCCO1. The van der Waals surface area contributed by atoms with Crippen molar-refractivity contribution in [3.8, 4) is 0 Å². The lowest BCUT2D eigenvalue weighted by Crippen LogP contribution is -2.42. The van der Waals surface area contributed by atoms with E-state index in [9.17, 15) is 8.42 Å². The predicted molar refractivity (Wildman–Crippen MR) is 108 cm³/mol. The maximum absolute atomic E-state index is 12.1. The zero-order chi connectivity index (χ0) is 19.4. The Labute approximate surface area is 163 Å². The fourth-order valence-corrected chi connectivity index (χ4v) is 3.75. The van der Waals surface area contributed by atoms with Crippen molar-refractivity contribution < 1.29 is 17.9 Å². The van der Waals surface area contributed by atoms with Gasteiger partial charge >= 0.3 is 0 Å². The minimum Gasteiger partial charge on any atom is -0.381 e. The van der Waals surface area contributed by atoms with Crippen LogP contribution in [0.2, 0.25) is 0 Å². The standard InChI is InChI=1S/C18H36N4O4S/c1-2-19-18(20-9-5-11-25-15-16-7-8-16)21-10-13-27(23,24)22-14-17-6-3-4-12-26-17/h16-17,22H,2-15H2,1H3,(H2,19,20,21). The third kappa shape index (κ3) is 10.9. The Bertz CT molecular complexity index is 531. The molecule has 0 bridgehead atoms. The topological polar surface area (TPSA) is 101 Å². The number of rotatable bonds is 13. The summed E-state index contributed by atoms with van der Waals surface area (Å²) in [6, 6.07) is 0. The lowest BCUT2D eigenvalue weighted by molar-refractivity contribution is 0.0200. The van der Waals surface area contributed by atoms with Crippen LogP contribution in [0.4, 0.5) is 0 Å². The van der Waals surface area contributed by atoms with Crippen molar-refractivity contribution in [2.24, 2.45) is 10.9 Å². The predicted octanol–water partition coefficient (Wildman–Crippen LogP) is 0.847. The summed E-state index contributed by atoms with van der Waals surface area (Å²) < 4.78 is 38.0. The molecule has 2 rings (SSSR count). The van der Waals surface area contributed by atoms with Crippen molar-refractivity contribution in [3.63, 3.8) is 0 Å². The smallest absolute Gasteiger partial charge is 0.213 e. The molecule has 1 unspecified atom stereocenters. The number of nitrogens with zero attached hydrogens (tertiary/aromatic N) is 1. The minimum absolute atomic E-state index is 0.00231. The summed E-state index contributed by atoms with van der Waals surface area (Å²) in [7, 11) is -3.32. The second-order valence-corrected chi connectivity index (χ2v) is 9.14. The van der Waals surface area contributed by atoms with E-state index in [1.54, 1.807) is 0 Å². The molecule has 1 aliphatic heterocycles. The number of hydrogen-bond acceptors (Lipinski definition) is 5. The monoisotopic (exact) mass is 404 g/mol. The summed E-state index contributed by atoms with van der Waals surface area (Å²) in [5, 5.41) is 6.22. The Morgan fingerprint density at radius 1 is 1.22 bits per heavy atom. The van der Waals surface area contributed by atoms with E-state index >= 15 is 0 Å². The molecular weight excluding hydrogens is 368 g/mol. The van der Waals surface area contributed by atoms with Crippen LogP contribution in [0.25, 0.3) is 0 Å². The molecule has 2 fully saturated rings. The van der Waals surface area contributed by atoms with Gasteiger partial charge in [-0.15, -0.1) is 0 Å². The number of guanidine groups is 1. The fourth-order valence-electron chi connectivity index (χ4n) is 2.80. The van der Waals surface area contributed by atoms with Gasteiger partial charge in [0.1, 0.15) is 0 Å². The summed E-state index contributed by atoms with van der Waals surface area (Å²) in [5.74, 6) is 1.44. The van der Waals surface area contributed by atoms with E-state index in [1.165, 1.54) is 12.8 Å². The second-order valence-electron chi connectivity index (χ2n) is 7.22. The molecule has 27 heavy (non-hydrogen) atoms. The van der Waals surface area contributed by atoms with Crippen LogP contribution in [-0.4, -0.2) is 72.2 Å². The quantitative estimate of drug-likeness (QED) is 0.239. The van der Waals surface area contributed by atoms with Crippen LogP contribution in [0.5, 0.6) is 0 Å². The Kier molecular flexibility index (Phi) is 10.4. The van der Waals surface area contributed by atoms with E-state index < -0.39 is 10.0 Å². The van der Waals surface area contributed by atoms with Crippen molar-refractivity contribution in [1.82, 2.24) is 15.4 Å². The highest BCUT2D eigenvalue weighted by molar-refractivity contribution is 7.89. The van der Waals surface area contributed by atoms with Gasteiger partial charge in [0.25, 0.3) is 0 Å². The molecule has 3 N–H and O–H groups in total. The molecule has 8 nitrogen and oxygen atoms in total. The average Bonchev–Trinajstić information content (AvgIpc) is 3.48. The Balaban J connectivity index is 1.58. The lowest BCUT2D eigenvalue weighted by atomic mass is 10.1. The van der Waals surface area contributed by atoms with Crippen molar-refractivity contribution >= 4 is 16.0 Å². The van der Waals surface area contributed by atoms with E-state index in [-0.39, 0.29) is 11.9 Å². The molecule has 0 radical (unpaired) electrons. The average molecular weight is 405 g/mol. The van der Waals surface area contributed by atoms with E-state index in [2.05, 4.69) is 20.3 Å². The molecule has 0 aromatic rings. The third-order valence-corrected chi connectivity index (χ3v) is 5.93. The molecule has 0 aromatic heterocycles. The first kappa shape index (κ1) is 22.4. The van der Waals surface area contributed by atoms with Gasteiger partial charge in [-0.25, -0.2) is 13.1 Å². The molecule has 9 heteroatoms. The van der Waals surface area contributed by atoms with Gasteiger partial charge in [-0.2, -0.15) is 0 Å². The van der Waals surface area contributed by atoms with Crippen LogP contribution >= 0.6 is 0 Å². The van der Waals surface area contributed by atoms with E-state index in [4.69, 9.17) is 9.47 Å². The molecule has 0 amide bonds. The molecule has 1 saturated carbocycles. The normalized spacial score (nSPS) is 21.2. The highest BCUT2D eigenvalue weighted by atomic mass is 32.2. The summed E-state index contributed by atoms with van der Waals surface area (Å²) in [6.07, 6.45) is 6.56. The number of hydrogen-bond donors (Lipinski definition) is 3. The third-order valence-electron chi connectivity index (χ3n) is 4.58. The summed E-state index contributed by atoms with van der Waals surface area (Å²) >= 11 is 0. The van der Waals surface area contributed by atoms with E-state index in [0.29, 0.717) is 25.6 Å². The molecular formula is C18H36N4O4S. The number of aliphatic imine (C=N–C) groups is 1. The van der Waals surface area contributed by atoms with Gasteiger partial charge < -0.3 is 20.1 Å². The molecule has 2 aliphatic rings. The van der Waals surface area contributed by atoms with Gasteiger partial charge in [-0.3, -0.25) is 4.99 Å². The molecule has 0 aromatic carbocycles. The maximum atomic E-state index is 12.1. The maximum Gasteiger partial charge on any atom is 0.213 e. The first-order chi connectivity index (χ1) is 13.1. The highest BCUT2D eigenvalue weighted by Gasteiger charge is 2.20. The van der Waals surface area contributed by atoms with Gasteiger partial charge in [0.2, 0.25) is 10.0 Å². The first-order valence-corrected chi connectivity index (χ1v) is 11.9. The van der Waals surface area contributed by atoms with E-state index in [0.717, 1.165) is 58.0 Å². The molecule has 1 saturated heterocycles. The molecule has 1 atom stereocenters. The Morgan fingerprint density at radius 2 is 2.07 bits per heavy atom. The van der Waals surface area contributed by atoms with Gasteiger partial charge in [-0.1, -0.05) is 0 Å².